The van der Waals surface area contributed by atoms with Gasteiger partial charge in [0.1, 0.15) is 12.1 Å². The molecule has 0 unspecified atom stereocenters. The molecule has 3 rings (SSSR count). The van der Waals surface area contributed by atoms with Crippen molar-refractivity contribution in [3.63, 3.8) is 0 Å². The second-order valence-electron chi connectivity index (χ2n) is 5.70. The van der Waals surface area contributed by atoms with Crippen molar-refractivity contribution in [1.29, 1.82) is 0 Å². The molecule has 0 spiro atoms. The highest BCUT2D eigenvalue weighted by atomic mass is 35.5. The van der Waals surface area contributed by atoms with E-state index in [-0.39, 0.29) is 36.4 Å². The van der Waals surface area contributed by atoms with E-state index in [1.807, 2.05) is 30.3 Å². The van der Waals surface area contributed by atoms with Crippen molar-refractivity contribution in [2.75, 3.05) is 0 Å². The normalized spacial score (nSPS) is 11.8. The Morgan fingerprint density at radius 1 is 1.08 bits per heavy atom. The number of rotatable bonds is 6. The molecule has 7 nitrogen and oxygen atoms in total. The van der Waals surface area contributed by atoms with Crippen molar-refractivity contribution in [2.45, 2.75) is 25.7 Å². The second kappa shape index (κ2) is 8.44. The molecule has 136 valence electrons. The third-order valence-corrected chi connectivity index (χ3v) is 3.96. The molecule has 8 heteroatoms. The number of pyridine rings is 1. The van der Waals surface area contributed by atoms with Crippen LogP contribution in [0.15, 0.2) is 47.5 Å². The number of carboxylic acids is 1. The lowest BCUT2D eigenvalue weighted by molar-refractivity contribution is -0.136. The fourth-order valence-corrected chi connectivity index (χ4v) is 2.74. The molecule has 2 aromatic heterocycles. The van der Waals surface area contributed by atoms with Gasteiger partial charge in [0.25, 0.3) is 0 Å². The average molecular weight is 376 g/mol. The van der Waals surface area contributed by atoms with Gasteiger partial charge in [-0.05, 0) is 24.5 Å². The minimum absolute atomic E-state index is 0. The van der Waals surface area contributed by atoms with Gasteiger partial charge in [-0.25, -0.2) is 9.50 Å². The van der Waals surface area contributed by atoms with Gasteiger partial charge >= 0.3 is 5.97 Å². The molecular formula is C18H18ClN3O4. The zero-order valence-corrected chi connectivity index (χ0v) is 14.6. The quantitative estimate of drug-likeness (QED) is 0.677. The minimum Gasteiger partial charge on any atom is -0.510 e. The monoisotopic (exact) mass is 375 g/mol. The Morgan fingerprint density at radius 3 is 2.50 bits per heavy atom. The second-order valence-corrected chi connectivity index (χ2v) is 5.70. The highest BCUT2D eigenvalue weighted by Crippen LogP contribution is 2.09. The Morgan fingerprint density at radius 2 is 1.81 bits per heavy atom. The molecule has 0 saturated carbocycles. The number of fused-ring (bicyclic) bond motifs is 1. The van der Waals surface area contributed by atoms with Crippen molar-refractivity contribution in [3.8, 4) is 0 Å². The summed E-state index contributed by atoms with van der Waals surface area (Å²) in [5, 5.41) is 22.9. The molecule has 0 fully saturated rings. The van der Waals surface area contributed by atoms with Gasteiger partial charge in [-0.3, -0.25) is 9.59 Å². The number of hydrogen-bond donors (Lipinski definition) is 2. The van der Waals surface area contributed by atoms with Crippen molar-refractivity contribution in [2.24, 2.45) is 0 Å². The molecule has 2 N–H and O–H groups in total. The number of nitrogens with zero attached hydrogens (tertiary/aromatic N) is 3. The third kappa shape index (κ3) is 4.18. The van der Waals surface area contributed by atoms with Crippen LogP contribution >= 0.6 is 12.4 Å². The highest BCUT2D eigenvalue weighted by Gasteiger charge is 2.12. The lowest BCUT2D eigenvalue weighted by atomic mass is 10.1. The van der Waals surface area contributed by atoms with Gasteiger partial charge in [0, 0.05) is 12.0 Å². The first kappa shape index (κ1) is 19.4. The van der Waals surface area contributed by atoms with Crippen LogP contribution in [0.4, 0.5) is 0 Å². The maximum Gasteiger partial charge on any atom is 0.303 e. The van der Waals surface area contributed by atoms with Crippen LogP contribution in [0.25, 0.3) is 11.4 Å². The predicted octanol–water partition coefficient (Wildman–Crippen LogP) is 1.55. The molecular weight excluding hydrogens is 358 g/mol. The van der Waals surface area contributed by atoms with Crippen LogP contribution in [-0.2, 0) is 17.6 Å². The summed E-state index contributed by atoms with van der Waals surface area (Å²) in [5.41, 5.74) is 1.98. The van der Waals surface area contributed by atoms with Crippen LogP contribution in [0.2, 0.25) is 0 Å². The van der Waals surface area contributed by atoms with E-state index in [2.05, 4.69) is 10.1 Å². The zero-order valence-electron chi connectivity index (χ0n) is 13.8. The van der Waals surface area contributed by atoms with E-state index >= 15 is 0 Å². The highest BCUT2D eigenvalue weighted by molar-refractivity contribution is 5.85. The number of aliphatic carboxylic acids is 1. The molecule has 0 aliphatic rings. The molecule has 0 aliphatic heterocycles. The Bertz CT molecular complexity index is 1020. The number of aliphatic hydroxyl groups excluding tert-OH is 1. The van der Waals surface area contributed by atoms with Crippen molar-refractivity contribution < 1.29 is 15.0 Å². The Kier molecular flexibility index (Phi) is 6.30. The topological polar surface area (TPSA) is 105 Å². The lowest BCUT2D eigenvalue weighted by Crippen LogP contribution is -2.35. The fourth-order valence-electron chi connectivity index (χ4n) is 2.74. The molecule has 0 saturated heterocycles. The number of aromatic nitrogens is 3. The minimum atomic E-state index is -1.05. The van der Waals surface area contributed by atoms with Gasteiger partial charge in [0.2, 0.25) is 5.43 Å². The molecule has 2 heterocycles. The first-order chi connectivity index (χ1) is 12.1. The van der Waals surface area contributed by atoms with E-state index in [1.165, 1.54) is 16.9 Å². The SMILES string of the molecule is Cl.O=C(O)CCC(O)=c1c(=O)cc(CCc2ccccc2)c2ncnn12. The summed E-state index contributed by atoms with van der Waals surface area (Å²) in [7, 11) is 0. The van der Waals surface area contributed by atoms with Crippen LogP contribution in [-0.4, -0.2) is 30.8 Å². The molecule has 3 aromatic rings. The Labute approximate surface area is 155 Å². The molecule has 0 amide bonds. The standard InChI is InChI=1S/C18H17N3O4.ClH/c22-14(8-9-16(24)25)17-15(23)10-13(18-19-11-20-21(17)18)7-6-12-4-2-1-3-5-12;/h1-5,10-11,22H,6-9H2,(H,24,25);1H. The lowest BCUT2D eigenvalue weighted by Gasteiger charge is -2.05. The fraction of sp³-hybridized carbons (Fsp3) is 0.222. The first-order valence-corrected chi connectivity index (χ1v) is 7.89. The van der Waals surface area contributed by atoms with E-state index in [0.29, 0.717) is 12.1 Å². The summed E-state index contributed by atoms with van der Waals surface area (Å²) in [6, 6.07) is 11.3. The summed E-state index contributed by atoms with van der Waals surface area (Å²) < 4.78 is 1.29. The zero-order chi connectivity index (χ0) is 17.8. The molecule has 0 radical (unpaired) electrons. The maximum atomic E-state index is 12.4. The van der Waals surface area contributed by atoms with Gasteiger partial charge in [0.15, 0.2) is 11.0 Å². The van der Waals surface area contributed by atoms with Crippen molar-refractivity contribution in [3.05, 3.63) is 69.4 Å². The van der Waals surface area contributed by atoms with Gasteiger partial charge in [-0.15, -0.1) is 12.4 Å². The summed E-state index contributed by atoms with van der Waals surface area (Å²) in [4.78, 5) is 27.3. The molecule has 0 atom stereocenters. The van der Waals surface area contributed by atoms with Crippen LogP contribution in [0.5, 0.6) is 0 Å². The predicted molar refractivity (Wildman–Crippen MR) is 98.5 cm³/mol. The van der Waals surface area contributed by atoms with Crippen LogP contribution in [0, 0.1) is 0 Å². The Hall–Kier alpha value is -2.93. The number of hydrogen-bond acceptors (Lipinski definition) is 5. The van der Waals surface area contributed by atoms with Crippen LogP contribution in [0.1, 0.15) is 24.0 Å². The number of aryl methyl sites for hydroxylation is 2. The molecule has 26 heavy (non-hydrogen) atoms. The summed E-state index contributed by atoms with van der Waals surface area (Å²) in [5.74, 6) is -1.34. The van der Waals surface area contributed by atoms with Crippen molar-refractivity contribution in [1.82, 2.24) is 14.6 Å². The van der Waals surface area contributed by atoms with Gasteiger partial charge in [0.05, 0.1) is 6.42 Å². The number of carboxylic acid groups (broad SMARTS) is 1. The van der Waals surface area contributed by atoms with E-state index in [4.69, 9.17) is 5.11 Å². The molecule has 0 aliphatic carbocycles. The first-order valence-electron chi connectivity index (χ1n) is 7.89. The van der Waals surface area contributed by atoms with Gasteiger partial charge in [-0.1, -0.05) is 30.3 Å². The molecule has 0 bridgehead atoms. The van der Waals surface area contributed by atoms with E-state index < -0.39 is 11.4 Å². The summed E-state index contributed by atoms with van der Waals surface area (Å²) in [6.07, 6.45) is 2.27. The number of carbonyl (C=O) groups is 1. The summed E-state index contributed by atoms with van der Waals surface area (Å²) >= 11 is 0. The molecule has 1 aromatic carbocycles. The number of benzene rings is 1. The van der Waals surface area contributed by atoms with E-state index in [1.54, 1.807) is 0 Å². The number of halogens is 1. The summed E-state index contributed by atoms with van der Waals surface area (Å²) in [6.45, 7) is 0. The van der Waals surface area contributed by atoms with E-state index in [9.17, 15) is 14.7 Å². The largest absolute Gasteiger partial charge is 0.510 e. The van der Waals surface area contributed by atoms with Gasteiger partial charge in [-0.2, -0.15) is 5.10 Å². The van der Waals surface area contributed by atoms with Crippen LogP contribution < -0.4 is 10.8 Å². The van der Waals surface area contributed by atoms with Crippen molar-refractivity contribution >= 4 is 29.8 Å². The van der Waals surface area contributed by atoms with Crippen LogP contribution in [0.3, 0.4) is 0 Å². The average Bonchev–Trinajstić information content (AvgIpc) is 3.08. The Balaban J connectivity index is 0.00000243. The third-order valence-electron chi connectivity index (χ3n) is 3.96. The van der Waals surface area contributed by atoms with E-state index in [0.717, 1.165) is 17.5 Å². The smallest absolute Gasteiger partial charge is 0.303 e. The maximum absolute atomic E-state index is 12.4. The van der Waals surface area contributed by atoms with Gasteiger partial charge < -0.3 is 10.2 Å². The number of aliphatic hydroxyl groups is 1.